The van der Waals surface area contributed by atoms with Gasteiger partial charge in [-0.25, -0.2) is 0 Å². The topological polar surface area (TPSA) is 47.0 Å². The van der Waals surface area contributed by atoms with Crippen LogP contribution in [0, 0.1) is 4.77 Å². The third-order valence-corrected chi connectivity index (χ3v) is 6.04. The van der Waals surface area contributed by atoms with Crippen LogP contribution in [0.4, 0.5) is 0 Å². The van der Waals surface area contributed by atoms with E-state index in [0.717, 1.165) is 42.5 Å². The van der Waals surface area contributed by atoms with E-state index in [4.69, 9.17) is 17.0 Å². The third-order valence-electron chi connectivity index (χ3n) is 4.51. The lowest BCUT2D eigenvalue weighted by Crippen LogP contribution is -2.28. The minimum Gasteiger partial charge on any atom is -0.376 e. The van der Waals surface area contributed by atoms with Gasteiger partial charge >= 0.3 is 0 Å². The summed E-state index contributed by atoms with van der Waals surface area (Å²) in [7, 11) is 0. The molecular formula is C15H18N2O2S2. The largest absolute Gasteiger partial charge is 0.376 e. The van der Waals surface area contributed by atoms with Crippen LogP contribution >= 0.6 is 23.6 Å². The number of ether oxygens (including phenoxy) is 1. The Kier molecular flexibility index (Phi) is 3.47. The van der Waals surface area contributed by atoms with Crippen LogP contribution < -0.4 is 5.56 Å². The fourth-order valence-corrected chi connectivity index (χ4v) is 5.03. The normalized spacial score (nSPS) is 21.8. The van der Waals surface area contributed by atoms with Gasteiger partial charge in [-0.1, -0.05) is 0 Å². The summed E-state index contributed by atoms with van der Waals surface area (Å²) in [6.45, 7) is 1.38. The van der Waals surface area contributed by atoms with Crippen molar-refractivity contribution in [2.24, 2.45) is 0 Å². The second kappa shape index (κ2) is 5.34. The van der Waals surface area contributed by atoms with E-state index < -0.39 is 0 Å². The maximum atomic E-state index is 12.9. The smallest absolute Gasteiger partial charge is 0.263 e. The van der Waals surface area contributed by atoms with E-state index >= 15 is 0 Å². The predicted octanol–water partition coefficient (Wildman–Crippen LogP) is 3.18. The van der Waals surface area contributed by atoms with Crippen molar-refractivity contribution in [3.05, 3.63) is 25.6 Å². The molecule has 1 unspecified atom stereocenters. The number of aromatic nitrogens is 2. The van der Waals surface area contributed by atoms with E-state index in [1.807, 2.05) is 0 Å². The predicted molar refractivity (Wildman–Crippen MR) is 86.9 cm³/mol. The monoisotopic (exact) mass is 322 g/mol. The van der Waals surface area contributed by atoms with Gasteiger partial charge in [0.15, 0.2) is 4.77 Å². The zero-order valence-electron chi connectivity index (χ0n) is 11.8. The lowest BCUT2D eigenvalue weighted by atomic mass is 9.97. The first-order chi connectivity index (χ1) is 10.2. The van der Waals surface area contributed by atoms with Crippen LogP contribution in [-0.4, -0.2) is 22.3 Å². The van der Waals surface area contributed by atoms with E-state index in [1.165, 1.54) is 23.3 Å². The molecule has 0 bridgehead atoms. The van der Waals surface area contributed by atoms with Crippen molar-refractivity contribution >= 4 is 33.8 Å². The molecule has 0 amide bonds. The van der Waals surface area contributed by atoms with Gasteiger partial charge in [0.1, 0.15) is 4.83 Å². The zero-order valence-corrected chi connectivity index (χ0v) is 13.4. The van der Waals surface area contributed by atoms with Gasteiger partial charge < -0.3 is 9.72 Å². The molecule has 6 heteroatoms. The summed E-state index contributed by atoms with van der Waals surface area (Å²) in [6, 6.07) is 0. The number of hydrogen-bond acceptors (Lipinski definition) is 4. The zero-order chi connectivity index (χ0) is 14.4. The highest BCUT2D eigenvalue weighted by Crippen LogP contribution is 2.33. The van der Waals surface area contributed by atoms with Crippen molar-refractivity contribution in [1.82, 2.24) is 9.55 Å². The van der Waals surface area contributed by atoms with Crippen molar-refractivity contribution in [1.29, 1.82) is 0 Å². The summed E-state index contributed by atoms with van der Waals surface area (Å²) < 4.78 is 7.89. The van der Waals surface area contributed by atoms with Gasteiger partial charge in [-0.15, -0.1) is 11.3 Å². The molecular weight excluding hydrogens is 304 g/mol. The highest BCUT2D eigenvalue weighted by atomic mass is 32.1. The highest BCUT2D eigenvalue weighted by molar-refractivity contribution is 7.71. The summed E-state index contributed by atoms with van der Waals surface area (Å²) >= 11 is 7.11. The number of H-pyrrole nitrogens is 1. The Balaban J connectivity index is 1.87. The van der Waals surface area contributed by atoms with Crippen LogP contribution in [0.2, 0.25) is 0 Å². The third kappa shape index (κ3) is 2.29. The van der Waals surface area contributed by atoms with Gasteiger partial charge in [-0.05, 0) is 56.3 Å². The molecule has 2 aromatic heterocycles. The summed E-state index contributed by atoms with van der Waals surface area (Å²) in [5, 5.41) is 0.876. The van der Waals surface area contributed by atoms with Crippen LogP contribution in [0.15, 0.2) is 4.79 Å². The van der Waals surface area contributed by atoms with Crippen molar-refractivity contribution in [3.8, 4) is 0 Å². The number of aromatic amines is 1. The number of aryl methyl sites for hydroxylation is 2. The molecule has 4 rings (SSSR count). The first-order valence-electron chi connectivity index (χ1n) is 7.63. The molecule has 2 aliphatic rings. The fraction of sp³-hybridized carbons (Fsp3) is 0.600. The summed E-state index contributed by atoms with van der Waals surface area (Å²) in [4.78, 5) is 18.5. The molecule has 1 aliphatic heterocycles. The SMILES string of the molecule is O=c1c2c3c(sc2[nH]c(=S)n1CC1CCCO1)CCCC3. The Morgan fingerprint density at radius 1 is 1.33 bits per heavy atom. The van der Waals surface area contributed by atoms with Crippen LogP contribution in [0.1, 0.15) is 36.1 Å². The van der Waals surface area contributed by atoms with E-state index in [9.17, 15) is 4.79 Å². The van der Waals surface area contributed by atoms with Crippen molar-refractivity contribution < 1.29 is 4.74 Å². The van der Waals surface area contributed by atoms with Crippen LogP contribution in [0.25, 0.3) is 10.2 Å². The molecule has 1 atom stereocenters. The standard InChI is InChI=1S/C15H18N2O2S2/c18-14-12-10-5-1-2-6-11(10)21-13(12)16-15(20)17(14)8-9-4-3-7-19-9/h9H,1-8H2,(H,16,20). The van der Waals surface area contributed by atoms with Crippen molar-refractivity contribution in [2.75, 3.05) is 6.61 Å². The van der Waals surface area contributed by atoms with Crippen LogP contribution in [0.5, 0.6) is 0 Å². The molecule has 0 spiro atoms. The van der Waals surface area contributed by atoms with Crippen LogP contribution in [0.3, 0.4) is 0 Å². The van der Waals surface area contributed by atoms with Gasteiger partial charge in [0.25, 0.3) is 5.56 Å². The number of thiophene rings is 1. The minimum atomic E-state index is 0.0728. The molecule has 0 saturated carbocycles. The molecule has 0 radical (unpaired) electrons. The first-order valence-corrected chi connectivity index (χ1v) is 8.85. The lowest BCUT2D eigenvalue weighted by molar-refractivity contribution is 0.0957. The Morgan fingerprint density at radius 3 is 3.00 bits per heavy atom. The Bertz CT molecular complexity index is 796. The van der Waals surface area contributed by atoms with Gasteiger partial charge in [0, 0.05) is 11.5 Å². The van der Waals surface area contributed by atoms with Gasteiger partial charge in [0.2, 0.25) is 0 Å². The number of hydrogen-bond donors (Lipinski definition) is 1. The van der Waals surface area contributed by atoms with Crippen molar-refractivity contribution in [3.63, 3.8) is 0 Å². The van der Waals surface area contributed by atoms with Gasteiger partial charge in [-0.3, -0.25) is 9.36 Å². The molecule has 1 fully saturated rings. The van der Waals surface area contributed by atoms with Gasteiger partial charge in [-0.2, -0.15) is 0 Å². The lowest BCUT2D eigenvalue weighted by Gasteiger charge is -2.13. The molecule has 112 valence electrons. The second-order valence-electron chi connectivity index (χ2n) is 5.90. The second-order valence-corrected chi connectivity index (χ2v) is 7.39. The average Bonchev–Trinajstić information content (AvgIpc) is 3.10. The number of rotatable bonds is 2. The van der Waals surface area contributed by atoms with Crippen molar-refractivity contribution in [2.45, 2.75) is 51.2 Å². The molecule has 2 aromatic rings. The minimum absolute atomic E-state index is 0.0728. The molecule has 1 aliphatic carbocycles. The molecule has 0 aromatic carbocycles. The quantitative estimate of drug-likeness (QED) is 0.864. The number of nitrogens with one attached hydrogen (secondary N) is 1. The Labute approximate surface area is 131 Å². The maximum absolute atomic E-state index is 12.9. The summed E-state index contributed by atoms with van der Waals surface area (Å²) in [5.74, 6) is 0. The van der Waals surface area contributed by atoms with E-state index in [1.54, 1.807) is 15.9 Å². The van der Waals surface area contributed by atoms with Crippen LogP contribution in [-0.2, 0) is 24.1 Å². The first kappa shape index (κ1) is 13.7. The molecule has 1 N–H and O–H groups in total. The van der Waals surface area contributed by atoms with E-state index in [2.05, 4.69) is 4.98 Å². The van der Waals surface area contributed by atoms with E-state index in [-0.39, 0.29) is 11.7 Å². The number of nitrogens with zero attached hydrogens (tertiary/aromatic N) is 1. The maximum Gasteiger partial charge on any atom is 0.263 e. The molecule has 4 nitrogen and oxygen atoms in total. The number of fused-ring (bicyclic) bond motifs is 3. The Hall–Kier alpha value is -0.980. The molecule has 3 heterocycles. The summed E-state index contributed by atoms with van der Waals surface area (Å²) in [6.07, 6.45) is 6.75. The Morgan fingerprint density at radius 2 is 2.19 bits per heavy atom. The fourth-order valence-electron chi connectivity index (χ4n) is 3.43. The van der Waals surface area contributed by atoms with Gasteiger partial charge in [0.05, 0.1) is 18.0 Å². The molecule has 21 heavy (non-hydrogen) atoms. The highest BCUT2D eigenvalue weighted by Gasteiger charge is 2.22. The van der Waals surface area contributed by atoms with E-state index in [0.29, 0.717) is 11.3 Å². The molecule has 1 saturated heterocycles. The average molecular weight is 322 g/mol. The summed E-state index contributed by atoms with van der Waals surface area (Å²) in [5.41, 5.74) is 1.34.